The molecule has 178 valence electrons. The minimum Gasteiger partial charge on any atom is -0.272 e. The number of hydrogen-bond donors (Lipinski definition) is 1. The number of hydrogen-bond acceptors (Lipinski definition) is 4. The monoisotopic (exact) mass is 497 g/mol. The van der Waals surface area contributed by atoms with Crippen molar-refractivity contribution in [1.82, 2.24) is 9.73 Å². The van der Waals surface area contributed by atoms with Gasteiger partial charge in [-0.1, -0.05) is 77.3 Å². The van der Waals surface area contributed by atoms with Crippen LogP contribution < -0.4 is 5.43 Å². The average molecular weight is 498 g/mol. The van der Waals surface area contributed by atoms with E-state index in [-0.39, 0.29) is 18.0 Å². The molecule has 0 spiro atoms. The van der Waals surface area contributed by atoms with Gasteiger partial charge in [0.1, 0.15) is 0 Å². The number of aryl methyl sites for hydroxylation is 4. The fourth-order valence-corrected chi connectivity index (χ4v) is 5.76. The van der Waals surface area contributed by atoms with E-state index in [2.05, 4.69) is 10.5 Å². The minimum absolute atomic E-state index is 0.0526. The Morgan fingerprint density at radius 2 is 1.59 bits per heavy atom. The molecule has 3 aromatic carbocycles. The second kappa shape index (κ2) is 11.0. The molecule has 0 saturated heterocycles. The number of nitrogens with one attached hydrogen (secondary N) is 1. The molecule has 0 fully saturated rings. The van der Waals surface area contributed by atoms with Gasteiger partial charge in [0, 0.05) is 17.1 Å². The second-order valence-corrected chi connectivity index (χ2v) is 10.6. The van der Waals surface area contributed by atoms with E-state index in [0.717, 1.165) is 16.7 Å². The predicted octanol–water partition coefficient (Wildman–Crippen LogP) is 4.91. The summed E-state index contributed by atoms with van der Waals surface area (Å²) < 4.78 is 28.6. The fourth-order valence-electron chi connectivity index (χ4n) is 3.77. The summed E-state index contributed by atoms with van der Waals surface area (Å²) in [6, 6.07) is 18.3. The van der Waals surface area contributed by atoms with Crippen LogP contribution in [0.1, 0.15) is 33.4 Å². The van der Waals surface area contributed by atoms with Gasteiger partial charge in [-0.05, 0) is 50.5 Å². The Bertz CT molecular complexity index is 1300. The first-order chi connectivity index (χ1) is 16.1. The molecular formula is C26H28ClN3O3S. The van der Waals surface area contributed by atoms with Crippen LogP contribution in [0.15, 0.2) is 70.7 Å². The van der Waals surface area contributed by atoms with Gasteiger partial charge >= 0.3 is 0 Å². The van der Waals surface area contributed by atoms with Crippen LogP contribution in [-0.4, -0.2) is 31.4 Å². The van der Waals surface area contributed by atoms with Crippen molar-refractivity contribution >= 4 is 33.7 Å². The van der Waals surface area contributed by atoms with Gasteiger partial charge in [-0.3, -0.25) is 4.79 Å². The molecule has 0 heterocycles. The van der Waals surface area contributed by atoms with Crippen LogP contribution in [0, 0.1) is 27.7 Å². The summed E-state index contributed by atoms with van der Waals surface area (Å²) in [6.45, 7) is 7.09. The quantitative estimate of drug-likeness (QED) is 0.354. The van der Waals surface area contributed by atoms with Crippen LogP contribution in [0.3, 0.4) is 0 Å². The Kier molecular flexibility index (Phi) is 8.25. The van der Waals surface area contributed by atoms with Crippen molar-refractivity contribution in [3.05, 3.63) is 99.1 Å². The number of amides is 1. The molecule has 34 heavy (non-hydrogen) atoms. The van der Waals surface area contributed by atoms with Crippen molar-refractivity contribution in [2.75, 3.05) is 6.54 Å². The topological polar surface area (TPSA) is 78.8 Å². The molecule has 0 aliphatic carbocycles. The molecule has 3 rings (SSSR count). The smallest absolute Gasteiger partial charge is 0.255 e. The summed E-state index contributed by atoms with van der Waals surface area (Å²) in [6.07, 6.45) is 1.42. The van der Waals surface area contributed by atoms with Gasteiger partial charge in [-0.15, -0.1) is 0 Å². The molecule has 1 amide bonds. The molecule has 1 N–H and O–H groups in total. The molecular weight excluding hydrogens is 470 g/mol. The van der Waals surface area contributed by atoms with Crippen LogP contribution in [-0.2, 0) is 21.4 Å². The number of carbonyl (C=O) groups is 1. The molecule has 0 bridgehead atoms. The first kappa shape index (κ1) is 25.6. The number of benzene rings is 3. The van der Waals surface area contributed by atoms with E-state index in [9.17, 15) is 13.2 Å². The highest BCUT2D eigenvalue weighted by molar-refractivity contribution is 7.89. The van der Waals surface area contributed by atoms with Crippen molar-refractivity contribution in [3.8, 4) is 0 Å². The van der Waals surface area contributed by atoms with E-state index in [1.165, 1.54) is 10.5 Å². The lowest BCUT2D eigenvalue weighted by Gasteiger charge is -2.24. The highest BCUT2D eigenvalue weighted by atomic mass is 35.5. The second-order valence-electron chi connectivity index (χ2n) is 8.30. The van der Waals surface area contributed by atoms with Crippen LogP contribution in [0.2, 0.25) is 5.02 Å². The van der Waals surface area contributed by atoms with E-state index in [1.54, 1.807) is 38.1 Å². The largest absolute Gasteiger partial charge is 0.272 e. The lowest BCUT2D eigenvalue weighted by Crippen LogP contribution is -2.39. The number of rotatable bonds is 8. The van der Waals surface area contributed by atoms with Crippen LogP contribution >= 0.6 is 11.6 Å². The number of carbonyl (C=O) groups excluding carboxylic acids is 1. The van der Waals surface area contributed by atoms with E-state index in [4.69, 9.17) is 11.6 Å². The van der Waals surface area contributed by atoms with Gasteiger partial charge in [0.2, 0.25) is 10.0 Å². The Balaban J connectivity index is 1.88. The Labute approximate surface area is 206 Å². The van der Waals surface area contributed by atoms with Crippen molar-refractivity contribution in [2.24, 2.45) is 5.10 Å². The molecule has 0 radical (unpaired) electrons. The third kappa shape index (κ3) is 6.32. The normalized spacial score (nSPS) is 11.8. The maximum Gasteiger partial charge on any atom is 0.255 e. The van der Waals surface area contributed by atoms with E-state index >= 15 is 0 Å². The van der Waals surface area contributed by atoms with Gasteiger partial charge in [-0.25, -0.2) is 13.8 Å². The Morgan fingerprint density at radius 1 is 0.971 bits per heavy atom. The van der Waals surface area contributed by atoms with Gasteiger partial charge in [0.05, 0.1) is 17.7 Å². The number of sulfonamides is 1. The lowest BCUT2D eigenvalue weighted by molar-refractivity contribution is -0.121. The molecule has 0 atom stereocenters. The zero-order valence-corrected chi connectivity index (χ0v) is 21.2. The number of nitrogens with zero attached hydrogens (tertiary/aromatic N) is 2. The summed E-state index contributed by atoms with van der Waals surface area (Å²) in [5, 5.41) is 4.44. The SMILES string of the molecule is Cc1ccc(CN(CC(=O)N/N=C/c2ccccc2Cl)S(=O)(=O)c2c(C)cc(C)cc2C)cc1. The summed E-state index contributed by atoms with van der Waals surface area (Å²) in [4.78, 5) is 12.9. The molecule has 6 nitrogen and oxygen atoms in total. The Hall–Kier alpha value is -3.00. The first-order valence-electron chi connectivity index (χ1n) is 10.8. The summed E-state index contributed by atoms with van der Waals surface area (Å²) in [7, 11) is -3.97. The number of halogens is 1. The minimum atomic E-state index is -3.97. The van der Waals surface area contributed by atoms with E-state index < -0.39 is 15.9 Å². The van der Waals surface area contributed by atoms with Crippen LogP contribution in [0.4, 0.5) is 0 Å². The standard InChI is InChI=1S/C26H28ClN3O3S/c1-18-9-11-22(12-10-18)16-30(34(32,33)26-20(3)13-19(2)14-21(26)4)17-25(31)29-28-15-23-7-5-6-8-24(23)27/h5-15H,16-17H2,1-4H3,(H,29,31)/b28-15+. The fraction of sp³-hybridized carbons (Fsp3) is 0.231. The van der Waals surface area contributed by atoms with E-state index in [0.29, 0.717) is 21.7 Å². The Morgan fingerprint density at radius 3 is 2.21 bits per heavy atom. The molecule has 3 aromatic rings. The molecule has 0 aliphatic heterocycles. The van der Waals surface area contributed by atoms with E-state index in [1.807, 2.05) is 50.2 Å². The predicted molar refractivity (Wildman–Crippen MR) is 137 cm³/mol. The van der Waals surface area contributed by atoms with Gasteiger partial charge in [0.15, 0.2) is 0 Å². The first-order valence-corrected chi connectivity index (χ1v) is 12.6. The van der Waals surface area contributed by atoms with Crippen molar-refractivity contribution < 1.29 is 13.2 Å². The van der Waals surface area contributed by atoms with Gasteiger partial charge in [-0.2, -0.15) is 9.41 Å². The average Bonchev–Trinajstić information content (AvgIpc) is 2.75. The maximum atomic E-state index is 13.7. The third-order valence-electron chi connectivity index (χ3n) is 5.30. The third-order valence-corrected chi connectivity index (χ3v) is 7.74. The highest BCUT2D eigenvalue weighted by Crippen LogP contribution is 2.26. The maximum absolute atomic E-state index is 13.7. The van der Waals surface area contributed by atoms with Crippen molar-refractivity contribution in [1.29, 1.82) is 0 Å². The molecule has 0 saturated carbocycles. The summed E-state index contributed by atoms with van der Waals surface area (Å²) in [5.74, 6) is -0.554. The zero-order chi connectivity index (χ0) is 24.9. The highest BCUT2D eigenvalue weighted by Gasteiger charge is 2.30. The molecule has 8 heteroatoms. The summed E-state index contributed by atoms with van der Waals surface area (Å²) in [5.41, 5.74) is 7.16. The molecule has 0 aliphatic rings. The van der Waals surface area contributed by atoms with Gasteiger partial charge in [0.25, 0.3) is 5.91 Å². The number of hydrazone groups is 1. The van der Waals surface area contributed by atoms with Crippen LogP contribution in [0.5, 0.6) is 0 Å². The molecule has 0 aromatic heterocycles. The van der Waals surface area contributed by atoms with Crippen molar-refractivity contribution in [3.63, 3.8) is 0 Å². The summed E-state index contributed by atoms with van der Waals surface area (Å²) >= 11 is 6.10. The lowest BCUT2D eigenvalue weighted by atomic mass is 10.1. The molecule has 0 unspecified atom stereocenters. The van der Waals surface area contributed by atoms with Crippen molar-refractivity contribution in [2.45, 2.75) is 39.1 Å². The van der Waals surface area contributed by atoms with Gasteiger partial charge < -0.3 is 0 Å². The zero-order valence-electron chi connectivity index (χ0n) is 19.7. The van der Waals surface area contributed by atoms with Crippen LogP contribution in [0.25, 0.3) is 0 Å².